The molecule has 2 aromatic rings. The van der Waals surface area contributed by atoms with Crippen LogP contribution in [0, 0.1) is 0 Å². The summed E-state index contributed by atoms with van der Waals surface area (Å²) in [6.45, 7) is -0.394. The molecule has 0 aromatic carbocycles. The fourth-order valence-corrected chi connectivity index (χ4v) is 6.19. The molecule has 0 unspecified atom stereocenters. The highest BCUT2D eigenvalue weighted by Crippen LogP contribution is 2.41. The zero-order chi connectivity index (χ0) is 28.3. The number of aromatic nitrogens is 4. The summed E-state index contributed by atoms with van der Waals surface area (Å²) in [4.78, 5) is 82.0. The number of nitrogen functional groups attached to an aromatic ring is 1. The van der Waals surface area contributed by atoms with Crippen molar-refractivity contribution < 1.29 is 29.1 Å². The van der Waals surface area contributed by atoms with E-state index in [1.807, 2.05) is 5.10 Å². The molecule has 0 bridgehead atoms. The van der Waals surface area contributed by atoms with Crippen LogP contribution in [0.2, 0.25) is 0 Å². The van der Waals surface area contributed by atoms with Crippen LogP contribution in [0.25, 0.3) is 0 Å². The summed E-state index contributed by atoms with van der Waals surface area (Å²) in [7, 11) is 1.24. The maximum Gasteiger partial charge on any atom is 0.352 e. The summed E-state index contributed by atoms with van der Waals surface area (Å²) < 4.78 is 0.867. The second kappa shape index (κ2) is 11.7. The van der Waals surface area contributed by atoms with E-state index in [1.165, 1.54) is 35.7 Å². The summed E-state index contributed by atoms with van der Waals surface area (Å²) in [6.07, 6.45) is 1.86. The lowest BCUT2D eigenvalue weighted by atomic mass is 10.0. The Morgan fingerprint density at radius 3 is 2.82 bits per heavy atom. The van der Waals surface area contributed by atoms with Crippen molar-refractivity contribution in [3.63, 3.8) is 0 Å². The Morgan fingerprint density at radius 2 is 2.18 bits per heavy atom. The third-order valence-corrected chi connectivity index (χ3v) is 8.04. The van der Waals surface area contributed by atoms with Crippen LogP contribution in [0.3, 0.4) is 0 Å². The van der Waals surface area contributed by atoms with Gasteiger partial charge in [-0.05, 0) is 17.1 Å². The molecule has 0 radical (unpaired) electrons. The first-order chi connectivity index (χ1) is 18.7. The highest BCUT2D eigenvalue weighted by molar-refractivity contribution is 8.02. The number of nitrogens with zero attached hydrogens (tertiary/aromatic N) is 5. The second-order valence-corrected chi connectivity index (χ2v) is 10.4. The van der Waals surface area contributed by atoms with E-state index in [0.717, 1.165) is 32.6 Å². The number of hydrogen-bond donors (Lipinski definition) is 4. The minimum absolute atomic E-state index is 0.0000345. The van der Waals surface area contributed by atoms with Crippen molar-refractivity contribution in [3.8, 4) is 0 Å². The number of anilines is 1. The van der Waals surface area contributed by atoms with E-state index in [0.29, 0.717) is 6.29 Å². The quantitative estimate of drug-likeness (QED) is 0.0617. The number of oxime groups is 1. The molecule has 19 heteroatoms. The number of carboxylic acid groups (broad SMARTS) is 1. The minimum Gasteiger partial charge on any atom is -0.477 e. The monoisotopic (exact) mass is 594 g/mol. The van der Waals surface area contributed by atoms with Gasteiger partial charge >= 0.3 is 17.1 Å². The second-order valence-electron chi connectivity index (χ2n) is 7.57. The Labute approximate surface area is 230 Å². The zero-order valence-corrected chi connectivity index (χ0v) is 22.2. The molecule has 1 saturated heterocycles. The first-order valence-corrected chi connectivity index (χ1v) is 13.5. The number of allylic oxidation sites excluding steroid dienone is 1. The number of thioether (sulfide) groups is 2. The van der Waals surface area contributed by atoms with Gasteiger partial charge in [0, 0.05) is 11.1 Å². The Bertz CT molecular complexity index is 1560. The van der Waals surface area contributed by atoms with Crippen LogP contribution in [-0.4, -0.2) is 83.8 Å². The number of aromatic amines is 1. The molecular formula is C20H18N8O8S3. The van der Waals surface area contributed by atoms with Crippen LogP contribution in [0.5, 0.6) is 0 Å². The van der Waals surface area contributed by atoms with Gasteiger partial charge in [-0.25, -0.2) is 14.9 Å². The van der Waals surface area contributed by atoms with Crippen LogP contribution in [0.15, 0.2) is 48.0 Å². The molecule has 39 heavy (non-hydrogen) atoms. The fourth-order valence-electron chi connectivity index (χ4n) is 3.59. The molecule has 2 aliphatic rings. The number of carbonyl (C=O) groups excluding carboxylic acids is 3. The lowest BCUT2D eigenvalue weighted by Gasteiger charge is -2.49. The van der Waals surface area contributed by atoms with Crippen molar-refractivity contribution >= 4 is 69.8 Å². The van der Waals surface area contributed by atoms with Crippen molar-refractivity contribution in [1.82, 2.24) is 30.0 Å². The number of aliphatic carboxylic acids is 1. The number of H-pyrrole nitrogens is 1. The molecule has 4 rings (SSSR count). The number of thiazole rings is 1. The Balaban J connectivity index is 1.52. The number of rotatable bonds is 10. The third-order valence-electron chi connectivity index (χ3n) is 5.27. The van der Waals surface area contributed by atoms with Gasteiger partial charge in [0.25, 0.3) is 11.8 Å². The number of carbonyl (C=O) groups is 4. The summed E-state index contributed by atoms with van der Waals surface area (Å²) in [5.74, 6) is -2.59. The van der Waals surface area contributed by atoms with Gasteiger partial charge < -0.3 is 25.8 Å². The van der Waals surface area contributed by atoms with E-state index in [1.54, 1.807) is 0 Å². The molecular weight excluding hydrogens is 576 g/mol. The smallest absolute Gasteiger partial charge is 0.352 e. The number of fused-ring (bicyclic) bond motifs is 1. The van der Waals surface area contributed by atoms with E-state index in [9.17, 15) is 33.9 Å². The molecule has 0 spiro atoms. The highest BCUT2D eigenvalue weighted by Gasteiger charge is 2.54. The molecule has 2 aliphatic heterocycles. The molecule has 2 amide bonds. The molecule has 0 aliphatic carbocycles. The number of amides is 2. The number of β-lactam (4-membered cyclic amide) rings is 1. The maximum absolute atomic E-state index is 12.9. The van der Waals surface area contributed by atoms with E-state index >= 15 is 0 Å². The van der Waals surface area contributed by atoms with Crippen LogP contribution in [-0.2, 0) is 30.6 Å². The van der Waals surface area contributed by atoms with Gasteiger partial charge in [-0.3, -0.25) is 28.6 Å². The molecule has 2 aromatic heterocycles. The lowest BCUT2D eigenvalue weighted by Crippen LogP contribution is -2.71. The predicted octanol–water partition coefficient (Wildman–Crippen LogP) is -1.44. The lowest BCUT2D eigenvalue weighted by molar-refractivity contribution is -0.150. The first-order valence-electron chi connectivity index (χ1n) is 10.7. The average molecular weight is 595 g/mol. The molecule has 4 heterocycles. The van der Waals surface area contributed by atoms with E-state index in [2.05, 4.69) is 20.6 Å². The summed E-state index contributed by atoms with van der Waals surface area (Å²) >= 11 is 3.17. The fraction of sp³-hybridized carbons (Fsp3) is 0.250. The Morgan fingerprint density at radius 1 is 1.41 bits per heavy atom. The standard InChI is InChI=1S/C20H18N8O8S3/c1-36-26-10(9-7-39-19(21)22-9)13(30)23-11-15(32)28-12(18(34)35)8(6-38-17(11)28)2-5-37-20-25-24-14(31)16(33)27(20)3-4-29/h2,4-5,7,11,17H,3,6H2,1H3,(H2,21,22)(H,23,30)(H,24,31)(H,34,35)/t11-,17-/m1/s1. The van der Waals surface area contributed by atoms with Gasteiger partial charge in [-0.15, -0.1) is 28.2 Å². The normalized spacial score (nSPS) is 19.1. The average Bonchev–Trinajstić information content (AvgIpc) is 3.34. The number of hydrogen-bond acceptors (Lipinski definition) is 14. The van der Waals surface area contributed by atoms with Gasteiger partial charge in [-0.2, -0.15) is 0 Å². The molecule has 16 nitrogen and oxygen atoms in total. The van der Waals surface area contributed by atoms with E-state index in [-0.39, 0.29) is 38.7 Å². The summed E-state index contributed by atoms with van der Waals surface area (Å²) in [5.41, 5.74) is 3.62. The van der Waals surface area contributed by atoms with Crippen LogP contribution in [0.1, 0.15) is 5.69 Å². The van der Waals surface area contributed by atoms with Crippen molar-refractivity contribution in [2.45, 2.75) is 23.1 Å². The zero-order valence-electron chi connectivity index (χ0n) is 19.7. The summed E-state index contributed by atoms with van der Waals surface area (Å²) in [6, 6.07) is -1.03. The van der Waals surface area contributed by atoms with Crippen LogP contribution >= 0.6 is 34.9 Å². The number of carboxylic acids is 1. The van der Waals surface area contributed by atoms with Crippen molar-refractivity contribution in [2.24, 2.45) is 5.16 Å². The van der Waals surface area contributed by atoms with Crippen molar-refractivity contribution in [1.29, 1.82) is 0 Å². The van der Waals surface area contributed by atoms with E-state index < -0.39 is 46.9 Å². The molecule has 204 valence electrons. The SMILES string of the molecule is CON=C(C(=O)N[C@@H]1C(=O)N2C(C(=O)O)=C(C=CSc3n[nH]c(=O)c(=O)n3CC=O)CS[C@H]12)c1csc(N)n1. The van der Waals surface area contributed by atoms with Gasteiger partial charge in [0.1, 0.15) is 36.2 Å². The van der Waals surface area contributed by atoms with E-state index in [4.69, 9.17) is 10.6 Å². The Hall–Kier alpha value is -4.23. The van der Waals surface area contributed by atoms with Gasteiger partial charge in [0.2, 0.25) is 0 Å². The number of nitrogens with two attached hydrogens (primary N) is 1. The van der Waals surface area contributed by atoms with Gasteiger partial charge in [0.15, 0.2) is 16.0 Å². The Kier molecular flexibility index (Phi) is 8.31. The topological polar surface area (TPSA) is 232 Å². The van der Waals surface area contributed by atoms with Gasteiger partial charge in [0.05, 0.1) is 6.54 Å². The highest BCUT2D eigenvalue weighted by atomic mass is 32.2. The summed E-state index contributed by atoms with van der Waals surface area (Å²) in [5, 5.41) is 24.3. The first kappa shape index (κ1) is 27.8. The predicted molar refractivity (Wildman–Crippen MR) is 140 cm³/mol. The number of nitrogens with one attached hydrogen (secondary N) is 2. The largest absolute Gasteiger partial charge is 0.477 e. The van der Waals surface area contributed by atoms with Crippen molar-refractivity contribution in [3.05, 3.63) is 54.5 Å². The molecule has 0 saturated carbocycles. The number of aldehydes is 1. The molecule has 2 atom stereocenters. The maximum atomic E-state index is 12.9. The third kappa shape index (κ3) is 5.49. The van der Waals surface area contributed by atoms with Crippen LogP contribution < -0.4 is 22.2 Å². The molecule has 1 fully saturated rings. The minimum atomic E-state index is -1.36. The van der Waals surface area contributed by atoms with Crippen molar-refractivity contribution in [2.75, 3.05) is 18.6 Å². The van der Waals surface area contributed by atoms with Crippen LogP contribution in [0.4, 0.5) is 5.13 Å². The molecule has 5 N–H and O–H groups in total. The van der Waals surface area contributed by atoms with Gasteiger partial charge in [-0.1, -0.05) is 16.9 Å².